The van der Waals surface area contributed by atoms with Gasteiger partial charge in [-0.2, -0.15) is 0 Å². The van der Waals surface area contributed by atoms with E-state index in [9.17, 15) is 30.3 Å². The van der Waals surface area contributed by atoms with E-state index in [4.69, 9.17) is 0 Å². The average Bonchev–Trinajstić information content (AvgIpc) is 2.67. The second-order valence-corrected chi connectivity index (χ2v) is 5.60. The first-order valence-electron chi connectivity index (χ1n) is 7.65. The van der Waals surface area contributed by atoms with E-state index in [0.717, 1.165) is 0 Å². The van der Waals surface area contributed by atoms with Gasteiger partial charge < -0.3 is 0 Å². The third-order valence-corrected chi connectivity index (χ3v) is 4.00. The fraction of sp³-hybridized carbons (Fsp3) is 0. The highest BCUT2D eigenvalue weighted by Gasteiger charge is 2.18. The molecule has 3 aromatic rings. The van der Waals surface area contributed by atoms with E-state index in [1.165, 1.54) is 54.6 Å². The van der Waals surface area contributed by atoms with Gasteiger partial charge in [0, 0.05) is 30.3 Å². The molecule has 0 radical (unpaired) electrons. The van der Waals surface area contributed by atoms with Crippen molar-refractivity contribution in [2.24, 2.45) is 0 Å². The van der Waals surface area contributed by atoms with Gasteiger partial charge in [0.2, 0.25) is 0 Å². The van der Waals surface area contributed by atoms with E-state index in [-0.39, 0.29) is 17.1 Å². The third-order valence-electron chi connectivity index (χ3n) is 4.00. The maximum absolute atomic E-state index is 11.5. The molecule has 0 spiro atoms. The third kappa shape index (κ3) is 3.61. The molecule has 134 valence electrons. The Labute approximate surface area is 152 Å². The Kier molecular flexibility index (Phi) is 4.58. The first-order valence-corrected chi connectivity index (χ1v) is 7.65. The van der Waals surface area contributed by atoms with Crippen LogP contribution in [0.4, 0.5) is 17.1 Å². The van der Waals surface area contributed by atoms with Crippen molar-refractivity contribution in [2.75, 3.05) is 0 Å². The zero-order valence-corrected chi connectivity index (χ0v) is 13.6. The molecule has 0 heterocycles. The number of nitro benzene ring substituents is 3. The van der Waals surface area contributed by atoms with Crippen molar-refractivity contribution in [3.63, 3.8) is 0 Å². The van der Waals surface area contributed by atoms with Gasteiger partial charge in [-0.25, -0.2) is 0 Å². The van der Waals surface area contributed by atoms with E-state index < -0.39 is 14.8 Å². The largest absolute Gasteiger partial charge is 0.277 e. The molecule has 0 aliphatic carbocycles. The lowest BCUT2D eigenvalue weighted by molar-refractivity contribution is -0.385. The Morgan fingerprint density at radius 1 is 0.519 bits per heavy atom. The van der Waals surface area contributed by atoms with Crippen molar-refractivity contribution in [3.05, 3.63) is 97.1 Å². The normalized spacial score (nSPS) is 10.4. The van der Waals surface area contributed by atoms with Crippen LogP contribution in [0.15, 0.2) is 66.7 Å². The zero-order chi connectivity index (χ0) is 19.6. The molecule has 9 nitrogen and oxygen atoms in total. The molecule has 0 fully saturated rings. The standard InChI is InChI=1S/C18H11N3O6/c22-19(23)15-6-1-12(2-7-15)14-5-10-17(18(11-14)21(26)27)13-3-8-16(9-4-13)20(24)25/h1-11H. The van der Waals surface area contributed by atoms with Crippen molar-refractivity contribution in [3.8, 4) is 22.3 Å². The lowest BCUT2D eigenvalue weighted by atomic mass is 9.98. The molecule has 0 aliphatic rings. The molecule has 0 unspecified atom stereocenters. The number of nitro groups is 3. The minimum Gasteiger partial charge on any atom is -0.258 e. The second-order valence-electron chi connectivity index (χ2n) is 5.60. The Bertz CT molecular complexity index is 1050. The van der Waals surface area contributed by atoms with E-state index in [0.29, 0.717) is 22.3 Å². The average molecular weight is 365 g/mol. The Hall–Kier alpha value is -4.14. The number of hydrogen-bond donors (Lipinski definition) is 0. The summed E-state index contributed by atoms with van der Waals surface area (Å²) in [6.07, 6.45) is 0. The summed E-state index contributed by atoms with van der Waals surface area (Å²) in [7, 11) is 0. The molecule has 0 aromatic heterocycles. The molecular formula is C18H11N3O6. The van der Waals surface area contributed by atoms with Crippen LogP contribution in [0, 0.1) is 30.3 Å². The van der Waals surface area contributed by atoms with Gasteiger partial charge in [0.05, 0.1) is 20.3 Å². The molecule has 0 atom stereocenters. The Morgan fingerprint density at radius 2 is 0.963 bits per heavy atom. The summed E-state index contributed by atoms with van der Waals surface area (Å²) < 4.78 is 0. The Morgan fingerprint density at radius 3 is 1.41 bits per heavy atom. The van der Waals surface area contributed by atoms with Gasteiger partial charge in [-0.15, -0.1) is 0 Å². The van der Waals surface area contributed by atoms with E-state index in [1.54, 1.807) is 12.1 Å². The van der Waals surface area contributed by atoms with Crippen molar-refractivity contribution in [2.45, 2.75) is 0 Å². The fourth-order valence-corrected chi connectivity index (χ4v) is 2.64. The molecule has 0 saturated heterocycles. The minimum atomic E-state index is -0.546. The SMILES string of the molecule is O=[N+]([O-])c1ccc(-c2ccc(-c3ccc([N+](=O)[O-])cc3)c([N+](=O)[O-])c2)cc1. The van der Waals surface area contributed by atoms with Crippen molar-refractivity contribution < 1.29 is 14.8 Å². The van der Waals surface area contributed by atoms with Crippen LogP contribution in [0.1, 0.15) is 0 Å². The molecule has 0 bridgehead atoms. The van der Waals surface area contributed by atoms with Crippen LogP contribution in [0.5, 0.6) is 0 Å². The van der Waals surface area contributed by atoms with Crippen molar-refractivity contribution in [1.82, 2.24) is 0 Å². The molecular weight excluding hydrogens is 354 g/mol. The molecule has 9 heteroatoms. The molecule has 0 saturated carbocycles. The number of non-ortho nitro benzene ring substituents is 2. The summed E-state index contributed by atoms with van der Waals surface area (Å²) in [4.78, 5) is 31.4. The van der Waals surface area contributed by atoms with E-state index in [1.807, 2.05) is 0 Å². The fourth-order valence-electron chi connectivity index (χ4n) is 2.64. The molecule has 3 aromatic carbocycles. The highest BCUT2D eigenvalue weighted by molar-refractivity contribution is 5.79. The topological polar surface area (TPSA) is 129 Å². The zero-order valence-electron chi connectivity index (χ0n) is 13.6. The van der Waals surface area contributed by atoms with E-state index >= 15 is 0 Å². The van der Waals surface area contributed by atoms with Crippen LogP contribution in [-0.2, 0) is 0 Å². The summed E-state index contributed by atoms with van der Waals surface area (Å²) in [6.45, 7) is 0. The summed E-state index contributed by atoms with van der Waals surface area (Å²) in [5, 5.41) is 33.0. The number of nitrogens with zero attached hydrogens (tertiary/aromatic N) is 3. The highest BCUT2D eigenvalue weighted by atomic mass is 16.6. The highest BCUT2D eigenvalue weighted by Crippen LogP contribution is 2.35. The Balaban J connectivity index is 2.03. The van der Waals surface area contributed by atoms with Gasteiger partial charge in [-0.1, -0.05) is 6.07 Å². The van der Waals surface area contributed by atoms with Crippen LogP contribution < -0.4 is 0 Å². The van der Waals surface area contributed by atoms with Crippen LogP contribution in [0.3, 0.4) is 0 Å². The van der Waals surface area contributed by atoms with Gasteiger partial charge in [0.15, 0.2) is 0 Å². The summed E-state index contributed by atoms with van der Waals surface area (Å²) >= 11 is 0. The predicted molar refractivity (Wildman–Crippen MR) is 97.3 cm³/mol. The smallest absolute Gasteiger partial charge is 0.258 e. The summed E-state index contributed by atoms with van der Waals surface area (Å²) in [6, 6.07) is 15.7. The van der Waals surface area contributed by atoms with Crippen molar-refractivity contribution in [1.29, 1.82) is 0 Å². The van der Waals surface area contributed by atoms with Crippen LogP contribution >= 0.6 is 0 Å². The lowest BCUT2D eigenvalue weighted by Gasteiger charge is -2.07. The van der Waals surface area contributed by atoms with Crippen molar-refractivity contribution >= 4 is 17.1 Å². The van der Waals surface area contributed by atoms with Crippen LogP contribution in [0.25, 0.3) is 22.3 Å². The minimum absolute atomic E-state index is 0.0734. The monoisotopic (exact) mass is 365 g/mol. The summed E-state index contributed by atoms with van der Waals surface area (Å²) in [5.41, 5.74) is 1.57. The predicted octanol–water partition coefficient (Wildman–Crippen LogP) is 4.75. The first-order chi connectivity index (χ1) is 12.9. The number of benzene rings is 3. The maximum atomic E-state index is 11.5. The molecule has 3 rings (SSSR count). The number of rotatable bonds is 5. The summed E-state index contributed by atoms with van der Waals surface area (Å²) in [5.74, 6) is 0. The van der Waals surface area contributed by atoms with Crippen LogP contribution in [-0.4, -0.2) is 14.8 Å². The molecule has 0 N–H and O–H groups in total. The first kappa shape index (κ1) is 17.7. The quantitative estimate of drug-likeness (QED) is 0.474. The lowest BCUT2D eigenvalue weighted by Crippen LogP contribution is -1.94. The van der Waals surface area contributed by atoms with Gasteiger partial charge in [-0.3, -0.25) is 30.3 Å². The van der Waals surface area contributed by atoms with E-state index in [2.05, 4.69) is 0 Å². The van der Waals surface area contributed by atoms with Gasteiger partial charge >= 0.3 is 0 Å². The molecule has 0 aliphatic heterocycles. The van der Waals surface area contributed by atoms with Crippen LogP contribution in [0.2, 0.25) is 0 Å². The van der Waals surface area contributed by atoms with Gasteiger partial charge in [0.25, 0.3) is 17.1 Å². The second kappa shape index (κ2) is 7.00. The maximum Gasteiger partial charge on any atom is 0.277 e. The molecule has 27 heavy (non-hydrogen) atoms. The van der Waals surface area contributed by atoms with Gasteiger partial charge in [0.1, 0.15) is 0 Å². The van der Waals surface area contributed by atoms with Gasteiger partial charge in [-0.05, 0) is 47.0 Å². The molecule has 0 amide bonds. The number of hydrogen-bond acceptors (Lipinski definition) is 6.